The van der Waals surface area contributed by atoms with Crippen LogP contribution >= 0.6 is 0 Å². The molecular weight excluding hydrogens is 236 g/mol. The lowest BCUT2D eigenvalue weighted by Crippen LogP contribution is -2.22. The summed E-state index contributed by atoms with van der Waals surface area (Å²) in [6.45, 7) is 8.16. The van der Waals surface area contributed by atoms with Crippen molar-refractivity contribution in [1.29, 1.82) is 0 Å². The molecule has 1 rings (SSSR count). The fourth-order valence-electron chi connectivity index (χ4n) is 1.60. The maximum atomic E-state index is 9.65. The van der Waals surface area contributed by atoms with Gasteiger partial charge in [-0.3, -0.25) is 0 Å². The van der Waals surface area contributed by atoms with Crippen LogP contribution in [0.15, 0.2) is 24.3 Å². The van der Waals surface area contributed by atoms with Crippen LogP contribution in [-0.4, -0.2) is 16.8 Å². The first-order valence-corrected chi connectivity index (χ1v) is 6.89. The summed E-state index contributed by atoms with van der Waals surface area (Å²) in [5.74, 6) is 6.69. The number of aliphatic hydroxyl groups is 1. The van der Waals surface area contributed by atoms with E-state index in [-0.39, 0.29) is 5.60 Å². The summed E-state index contributed by atoms with van der Waals surface area (Å²) < 4.78 is 5.74. The summed E-state index contributed by atoms with van der Waals surface area (Å²) in [7, 11) is 0. The van der Waals surface area contributed by atoms with Gasteiger partial charge in [0.25, 0.3) is 0 Å². The standard InChI is InChI=1S/C17H24O2/c1-5-6-7-15(18)11-8-14-9-12-16(13-10-14)19-17(2,3)4/h9-10,12-13,15,18H,5-7H2,1-4H3. The minimum atomic E-state index is -0.523. The highest BCUT2D eigenvalue weighted by molar-refractivity contribution is 5.38. The van der Waals surface area contributed by atoms with Crippen molar-refractivity contribution in [2.24, 2.45) is 0 Å². The fraction of sp³-hybridized carbons (Fsp3) is 0.529. The molecule has 0 aliphatic rings. The van der Waals surface area contributed by atoms with Crippen molar-refractivity contribution in [2.75, 3.05) is 0 Å². The molecule has 1 atom stereocenters. The maximum absolute atomic E-state index is 9.65. The average Bonchev–Trinajstić information content (AvgIpc) is 2.33. The monoisotopic (exact) mass is 260 g/mol. The molecule has 0 heterocycles. The van der Waals surface area contributed by atoms with Gasteiger partial charge in [0, 0.05) is 5.56 Å². The second kappa shape index (κ2) is 7.21. The van der Waals surface area contributed by atoms with E-state index in [1.165, 1.54) is 0 Å². The normalized spacial score (nSPS) is 12.5. The first-order valence-electron chi connectivity index (χ1n) is 6.89. The smallest absolute Gasteiger partial charge is 0.120 e. The van der Waals surface area contributed by atoms with Crippen molar-refractivity contribution in [3.8, 4) is 17.6 Å². The molecule has 104 valence electrons. The Morgan fingerprint density at radius 3 is 2.37 bits per heavy atom. The summed E-state index contributed by atoms with van der Waals surface area (Å²) >= 11 is 0. The first-order chi connectivity index (χ1) is 8.90. The number of unbranched alkanes of at least 4 members (excludes halogenated alkanes) is 1. The molecule has 0 aliphatic heterocycles. The summed E-state index contributed by atoms with van der Waals surface area (Å²) in [5.41, 5.74) is 0.709. The Labute approximate surface area is 116 Å². The Kier molecular flexibility index (Phi) is 5.92. The second-order valence-corrected chi connectivity index (χ2v) is 5.67. The van der Waals surface area contributed by atoms with E-state index in [2.05, 4.69) is 18.8 Å². The van der Waals surface area contributed by atoms with Crippen LogP contribution in [0.1, 0.15) is 52.5 Å². The Morgan fingerprint density at radius 1 is 1.21 bits per heavy atom. The Balaban J connectivity index is 2.60. The molecule has 0 fully saturated rings. The number of hydrogen-bond acceptors (Lipinski definition) is 2. The lowest BCUT2D eigenvalue weighted by molar-refractivity contribution is 0.131. The van der Waals surface area contributed by atoms with Gasteiger partial charge in [-0.15, -0.1) is 0 Å². The van der Waals surface area contributed by atoms with Crippen molar-refractivity contribution >= 4 is 0 Å². The zero-order valence-electron chi connectivity index (χ0n) is 12.4. The van der Waals surface area contributed by atoms with Gasteiger partial charge in [-0.1, -0.05) is 31.6 Å². The third-order valence-electron chi connectivity index (χ3n) is 2.49. The minimum Gasteiger partial charge on any atom is -0.488 e. The molecule has 0 radical (unpaired) electrons. The lowest BCUT2D eigenvalue weighted by Gasteiger charge is -2.21. The van der Waals surface area contributed by atoms with Gasteiger partial charge < -0.3 is 9.84 Å². The molecule has 0 spiro atoms. The summed E-state index contributed by atoms with van der Waals surface area (Å²) in [4.78, 5) is 0. The molecule has 1 aromatic carbocycles. The van der Waals surface area contributed by atoms with Crippen LogP contribution in [0.25, 0.3) is 0 Å². The quantitative estimate of drug-likeness (QED) is 0.835. The predicted octanol–water partition coefficient (Wildman–Crippen LogP) is 3.77. The molecule has 0 amide bonds. The molecule has 2 heteroatoms. The molecule has 1 unspecified atom stereocenters. The molecule has 0 saturated heterocycles. The van der Waals surface area contributed by atoms with E-state index in [0.717, 1.165) is 30.6 Å². The number of rotatable bonds is 4. The van der Waals surface area contributed by atoms with Gasteiger partial charge in [-0.05, 0) is 51.5 Å². The Hall–Kier alpha value is -1.46. The van der Waals surface area contributed by atoms with Crippen LogP contribution in [0.4, 0.5) is 0 Å². The average molecular weight is 260 g/mol. The van der Waals surface area contributed by atoms with Gasteiger partial charge in [-0.2, -0.15) is 0 Å². The third-order valence-corrected chi connectivity index (χ3v) is 2.49. The van der Waals surface area contributed by atoms with Crippen molar-refractivity contribution in [3.05, 3.63) is 29.8 Å². The van der Waals surface area contributed by atoms with Gasteiger partial charge in [0.2, 0.25) is 0 Å². The Bertz CT molecular complexity index is 429. The summed E-state index contributed by atoms with van der Waals surface area (Å²) in [6, 6.07) is 7.66. The summed E-state index contributed by atoms with van der Waals surface area (Å²) in [6.07, 6.45) is 2.31. The van der Waals surface area contributed by atoms with Gasteiger partial charge >= 0.3 is 0 Å². The number of benzene rings is 1. The van der Waals surface area contributed by atoms with Crippen molar-refractivity contribution < 1.29 is 9.84 Å². The number of ether oxygens (including phenoxy) is 1. The first kappa shape index (κ1) is 15.6. The topological polar surface area (TPSA) is 29.5 Å². The van der Waals surface area contributed by atoms with E-state index < -0.39 is 6.10 Å². The van der Waals surface area contributed by atoms with Crippen LogP contribution in [0, 0.1) is 11.8 Å². The van der Waals surface area contributed by atoms with E-state index in [0.29, 0.717) is 0 Å². The Morgan fingerprint density at radius 2 is 1.84 bits per heavy atom. The van der Waals surface area contributed by atoms with E-state index >= 15 is 0 Å². The molecule has 0 bridgehead atoms. The highest BCUT2D eigenvalue weighted by atomic mass is 16.5. The van der Waals surface area contributed by atoms with Gasteiger partial charge in [0.05, 0.1) is 0 Å². The van der Waals surface area contributed by atoms with E-state index in [1.807, 2.05) is 45.0 Å². The molecule has 19 heavy (non-hydrogen) atoms. The van der Waals surface area contributed by atoms with Gasteiger partial charge in [-0.25, -0.2) is 0 Å². The molecule has 0 aromatic heterocycles. The second-order valence-electron chi connectivity index (χ2n) is 5.67. The maximum Gasteiger partial charge on any atom is 0.120 e. The molecule has 2 nitrogen and oxygen atoms in total. The van der Waals surface area contributed by atoms with Crippen LogP contribution < -0.4 is 4.74 Å². The van der Waals surface area contributed by atoms with Crippen molar-refractivity contribution in [3.63, 3.8) is 0 Å². The van der Waals surface area contributed by atoms with Crippen LogP contribution in [0.3, 0.4) is 0 Å². The van der Waals surface area contributed by atoms with Crippen LogP contribution in [0.2, 0.25) is 0 Å². The largest absolute Gasteiger partial charge is 0.488 e. The zero-order valence-corrected chi connectivity index (χ0v) is 12.4. The molecular formula is C17H24O2. The van der Waals surface area contributed by atoms with Gasteiger partial charge in [0.1, 0.15) is 17.5 Å². The van der Waals surface area contributed by atoms with E-state index in [1.54, 1.807) is 0 Å². The fourth-order valence-corrected chi connectivity index (χ4v) is 1.60. The van der Waals surface area contributed by atoms with Crippen LogP contribution in [-0.2, 0) is 0 Å². The van der Waals surface area contributed by atoms with Crippen molar-refractivity contribution in [2.45, 2.75) is 58.7 Å². The third kappa shape index (κ3) is 6.88. The van der Waals surface area contributed by atoms with Crippen LogP contribution in [0.5, 0.6) is 5.75 Å². The van der Waals surface area contributed by atoms with Crippen molar-refractivity contribution in [1.82, 2.24) is 0 Å². The van der Waals surface area contributed by atoms with Gasteiger partial charge in [0.15, 0.2) is 0 Å². The lowest BCUT2D eigenvalue weighted by atomic mass is 10.1. The molecule has 0 aliphatic carbocycles. The van der Waals surface area contributed by atoms with E-state index in [9.17, 15) is 5.11 Å². The molecule has 1 N–H and O–H groups in total. The molecule has 0 saturated carbocycles. The minimum absolute atomic E-state index is 0.191. The SMILES string of the molecule is CCCCC(O)C#Cc1ccc(OC(C)(C)C)cc1. The zero-order chi connectivity index (χ0) is 14.3. The molecule has 1 aromatic rings. The highest BCUT2D eigenvalue weighted by Gasteiger charge is 2.10. The number of aliphatic hydroxyl groups excluding tert-OH is 1. The number of hydrogen-bond donors (Lipinski definition) is 1. The predicted molar refractivity (Wildman–Crippen MR) is 79.2 cm³/mol. The summed E-state index contributed by atoms with van der Waals surface area (Å²) in [5, 5.41) is 9.65. The highest BCUT2D eigenvalue weighted by Crippen LogP contribution is 2.18. The van der Waals surface area contributed by atoms with E-state index in [4.69, 9.17) is 4.74 Å².